The minimum Gasteiger partial charge on any atom is -0.324 e. The van der Waals surface area contributed by atoms with Gasteiger partial charge in [0.2, 0.25) is 5.91 Å². The van der Waals surface area contributed by atoms with Crippen LogP contribution in [-0.2, 0) is 17.8 Å². The summed E-state index contributed by atoms with van der Waals surface area (Å²) in [4.78, 5) is 28.0. The summed E-state index contributed by atoms with van der Waals surface area (Å²) in [5.41, 5.74) is 0.216. The predicted octanol–water partition coefficient (Wildman–Crippen LogP) is 2.75. The van der Waals surface area contributed by atoms with Crippen LogP contribution in [0.3, 0.4) is 0 Å². The van der Waals surface area contributed by atoms with Gasteiger partial charge in [0, 0.05) is 23.2 Å². The summed E-state index contributed by atoms with van der Waals surface area (Å²) in [6.07, 6.45) is 0.500. The molecule has 1 amide bonds. The molecule has 0 unspecified atom stereocenters. The van der Waals surface area contributed by atoms with E-state index in [1.165, 1.54) is 10.6 Å². The summed E-state index contributed by atoms with van der Waals surface area (Å²) >= 11 is 11.6. The van der Waals surface area contributed by atoms with Gasteiger partial charge in [0.25, 0.3) is 5.56 Å². The second-order valence-corrected chi connectivity index (χ2v) is 5.16. The van der Waals surface area contributed by atoms with Crippen LogP contribution < -0.4 is 10.9 Å². The van der Waals surface area contributed by atoms with Crippen LogP contribution in [0.4, 0.5) is 5.69 Å². The van der Waals surface area contributed by atoms with Crippen LogP contribution in [0.1, 0.15) is 12.7 Å². The first-order valence-corrected chi connectivity index (χ1v) is 7.07. The molecule has 0 aliphatic heterocycles. The predicted molar refractivity (Wildman–Crippen MR) is 83.0 cm³/mol. The summed E-state index contributed by atoms with van der Waals surface area (Å²) in [7, 11) is 0. The maximum atomic E-state index is 12.0. The fourth-order valence-electron chi connectivity index (χ4n) is 1.87. The van der Waals surface area contributed by atoms with E-state index in [9.17, 15) is 9.59 Å². The Balaban J connectivity index is 2.18. The van der Waals surface area contributed by atoms with Gasteiger partial charge in [0.05, 0.1) is 0 Å². The molecule has 0 fully saturated rings. The number of hydrogen-bond donors (Lipinski definition) is 1. The normalized spacial score (nSPS) is 10.4. The lowest BCUT2D eigenvalue weighted by atomic mass is 10.3. The largest absolute Gasteiger partial charge is 0.324 e. The van der Waals surface area contributed by atoms with Crippen molar-refractivity contribution in [3.05, 3.63) is 56.7 Å². The van der Waals surface area contributed by atoms with Gasteiger partial charge in [-0.15, -0.1) is 0 Å². The van der Waals surface area contributed by atoms with Crippen LogP contribution in [0.15, 0.2) is 35.1 Å². The quantitative estimate of drug-likeness (QED) is 0.879. The molecular formula is C14H13Cl2N3O2. The highest BCUT2D eigenvalue weighted by atomic mass is 35.5. The van der Waals surface area contributed by atoms with E-state index in [0.29, 0.717) is 23.0 Å². The SMILES string of the molecule is CCc1nc(Cl)cc(=O)n1CC(=O)Nc1cccc(Cl)c1. The molecule has 110 valence electrons. The molecule has 0 aliphatic carbocycles. The Morgan fingerprint density at radius 2 is 2.10 bits per heavy atom. The lowest BCUT2D eigenvalue weighted by molar-refractivity contribution is -0.116. The first-order valence-electron chi connectivity index (χ1n) is 6.31. The third-order valence-corrected chi connectivity index (χ3v) is 3.21. The number of rotatable bonds is 4. The topological polar surface area (TPSA) is 64.0 Å². The van der Waals surface area contributed by atoms with Crippen LogP contribution in [-0.4, -0.2) is 15.5 Å². The van der Waals surface area contributed by atoms with Crippen LogP contribution in [0, 0.1) is 0 Å². The second-order valence-electron chi connectivity index (χ2n) is 4.33. The zero-order valence-corrected chi connectivity index (χ0v) is 12.8. The highest BCUT2D eigenvalue weighted by molar-refractivity contribution is 6.31. The smallest absolute Gasteiger partial charge is 0.255 e. The average molecular weight is 326 g/mol. The van der Waals surface area contributed by atoms with E-state index in [0.717, 1.165) is 0 Å². The summed E-state index contributed by atoms with van der Waals surface area (Å²) < 4.78 is 1.30. The number of hydrogen-bond acceptors (Lipinski definition) is 3. The van der Waals surface area contributed by atoms with E-state index in [1.807, 2.05) is 6.92 Å². The average Bonchev–Trinajstić information content (AvgIpc) is 2.41. The molecule has 2 rings (SSSR count). The molecule has 5 nitrogen and oxygen atoms in total. The summed E-state index contributed by atoms with van der Waals surface area (Å²) in [6.45, 7) is 1.71. The van der Waals surface area contributed by atoms with E-state index in [4.69, 9.17) is 23.2 Å². The Hall–Kier alpha value is -1.85. The van der Waals surface area contributed by atoms with E-state index < -0.39 is 0 Å². The van der Waals surface area contributed by atoms with Gasteiger partial charge in [-0.25, -0.2) is 4.98 Å². The minimum absolute atomic E-state index is 0.126. The van der Waals surface area contributed by atoms with Crippen molar-refractivity contribution in [2.75, 3.05) is 5.32 Å². The second kappa shape index (κ2) is 6.74. The molecule has 0 saturated carbocycles. The van der Waals surface area contributed by atoms with Crippen molar-refractivity contribution < 1.29 is 4.79 Å². The number of aromatic nitrogens is 2. The summed E-state index contributed by atoms with van der Waals surface area (Å²) in [5, 5.41) is 3.33. The Kier molecular flexibility index (Phi) is 4.98. The number of halogens is 2. The number of aryl methyl sites for hydroxylation is 1. The van der Waals surface area contributed by atoms with Gasteiger partial charge in [-0.2, -0.15) is 0 Å². The molecular weight excluding hydrogens is 313 g/mol. The van der Waals surface area contributed by atoms with E-state index in [1.54, 1.807) is 24.3 Å². The molecule has 0 bridgehead atoms. The van der Waals surface area contributed by atoms with E-state index in [2.05, 4.69) is 10.3 Å². The number of benzene rings is 1. The molecule has 1 aromatic carbocycles. The van der Waals surface area contributed by atoms with Crippen molar-refractivity contribution in [3.8, 4) is 0 Å². The zero-order valence-electron chi connectivity index (χ0n) is 11.3. The molecule has 0 radical (unpaired) electrons. The van der Waals surface area contributed by atoms with Crippen LogP contribution >= 0.6 is 23.2 Å². The highest BCUT2D eigenvalue weighted by Gasteiger charge is 2.11. The molecule has 0 aliphatic rings. The van der Waals surface area contributed by atoms with E-state index >= 15 is 0 Å². The minimum atomic E-state index is -0.354. The number of carbonyl (C=O) groups excluding carboxylic acids is 1. The van der Waals surface area contributed by atoms with Crippen LogP contribution in [0.5, 0.6) is 0 Å². The Bertz CT molecular complexity index is 728. The summed E-state index contributed by atoms with van der Waals surface area (Å²) in [6, 6.07) is 7.97. The standard InChI is InChI=1S/C14H13Cl2N3O2/c1-2-12-18-11(16)7-14(21)19(12)8-13(20)17-10-5-3-4-9(15)6-10/h3-7H,2,8H2,1H3,(H,17,20). The Morgan fingerprint density at radius 3 is 2.76 bits per heavy atom. The Morgan fingerprint density at radius 1 is 1.33 bits per heavy atom. The van der Waals surface area contributed by atoms with Gasteiger partial charge < -0.3 is 5.32 Å². The van der Waals surface area contributed by atoms with E-state index in [-0.39, 0.29) is 23.2 Å². The number of nitrogens with zero attached hydrogens (tertiary/aromatic N) is 2. The van der Waals surface area contributed by atoms with Crippen LogP contribution in [0.25, 0.3) is 0 Å². The zero-order chi connectivity index (χ0) is 15.4. The van der Waals surface area contributed by atoms with Crippen molar-refractivity contribution in [3.63, 3.8) is 0 Å². The Labute approximate surface area is 131 Å². The van der Waals surface area contributed by atoms with Crippen molar-refractivity contribution in [1.29, 1.82) is 0 Å². The monoisotopic (exact) mass is 325 g/mol. The number of nitrogens with one attached hydrogen (secondary N) is 1. The van der Waals surface area contributed by atoms with Gasteiger partial charge in [-0.1, -0.05) is 36.2 Å². The van der Waals surface area contributed by atoms with Crippen molar-refractivity contribution in [2.45, 2.75) is 19.9 Å². The fourth-order valence-corrected chi connectivity index (χ4v) is 2.25. The molecule has 1 heterocycles. The maximum absolute atomic E-state index is 12.0. The first-order chi connectivity index (χ1) is 9.99. The maximum Gasteiger partial charge on any atom is 0.255 e. The highest BCUT2D eigenvalue weighted by Crippen LogP contribution is 2.14. The molecule has 0 atom stereocenters. The van der Waals surface area contributed by atoms with Gasteiger partial charge in [0.15, 0.2) is 0 Å². The molecule has 0 saturated heterocycles. The van der Waals surface area contributed by atoms with Gasteiger partial charge in [0.1, 0.15) is 17.5 Å². The van der Waals surface area contributed by atoms with Gasteiger partial charge >= 0.3 is 0 Å². The molecule has 0 spiro atoms. The molecule has 21 heavy (non-hydrogen) atoms. The number of amides is 1. The van der Waals surface area contributed by atoms with Crippen molar-refractivity contribution >= 4 is 34.8 Å². The molecule has 1 aromatic heterocycles. The fraction of sp³-hybridized carbons (Fsp3) is 0.214. The molecule has 1 N–H and O–H groups in total. The first kappa shape index (κ1) is 15.5. The van der Waals surface area contributed by atoms with Gasteiger partial charge in [-0.3, -0.25) is 14.2 Å². The van der Waals surface area contributed by atoms with Crippen LogP contribution in [0.2, 0.25) is 10.2 Å². The lowest BCUT2D eigenvalue weighted by Gasteiger charge is -2.11. The lowest BCUT2D eigenvalue weighted by Crippen LogP contribution is -2.30. The number of anilines is 1. The van der Waals surface area contributed by atoms with Crippen molar-refractivity contribution in [1.82, 2.24) is 9.55 Å². The molecule has 2 aromatic rings. The third-order valence-electron chi connectivity index (χ3n) is 2.78. The third kappa shape index (κ3) is 4.06. The number of carbonyl (C=O) groups is 1. The van der Waals surface area contributed by atoms with Gasteiger partial charge in [-0.05, 0) is 18.2 Å². The molecule has 7 heteroatoms. The van der Waals surface area contributed by atoms with Crippen molar-refractivity contribution in [2.24, 2.45) is 0 Å². The summed E-state index contributed by atoms with van der Waals surface area (Å²) in [5.74, 6) is 0.131.